The van der Waals surface area contributed by atoms with Gasteiger partial charge in [-0.2, -0.15) is 0 Å². The van der Waals surface area contributed by atoms with E-state index in [1.807, 2.05) is 24.3 Å². The van der Waals surface area contributed by atoms with E-state index in [1.54, 1.807) is 0 Å². The van der Waals surface area contributed by atoms with Crippen LogP contribution in [0.3, 0.4) is 0 Å². The van der Waals surface area contributed by atoms with Crippen LogP contribution in [0, 0.1) is 0 Å². The Morgan fingerprint density at radius 3 is 2.62 bits per heavy atom. The van der Waals surface area contributed by atoms with Crippen LogP contribution >= 0.6 is 22.9 Å². The average Bonchev–Trinajstić information content (AvgIpc) is 2.57. The third kappa shape index (κ3) is 1.94. The van der Waals surface area contributed by atoms with Crippen molar-refractivity contribution in [3.05, 3.63) is 34.7 Å². The van der Waals surface area contributed by atoms with Gasteiger partial charge in [-0.25, -0.2) is 0 Å². The number of halogens is 1. The second kappa shape index (κ2) is 4.23. The highest BCUT2D eigenvalue weighted by molar-refractivity contribution is 7.22. The first-order valence-corrected chi connectivity index (χ1v) is 5.77. The molecule has 0 atom stereocenters. The van der Waals surface area contributed by atoms with Crippen LogP contribution in [0.15, 0.2) is 24.3 Å². The lowest BCUT2D eigenvalue weighted by Gasteiger charge is -1.97. The van der Waals surface area contributed by atoms with Gasteiger partial charge in [0, 0.05) is 4.70 Å². The normalized spacial score (nSPS) is 10.6. The third-order valence-electron chi connectivity index (χ3n) is 2.23. The summed E-state index contributed by atoms with van der Waals surface area (Å²) in [6, 6.07) is 7.46. The Labute approximate surface area is 101 Å². The molecular formula is C11H8ClNO2S. The van der Waals surface area contributed by atoms with Crippen LogP contribution < -0.4 is 5.73 Å². The van der Waals surface area contributed by atoms with Gasteiger partial charge in [-0.1, -0.05) is 18.2 Å². The summed E-state index contributed by atoms with van der Waals surface area (Å²) in [5.41, 5.74) is 5.79. The number of thiophene rings is 1. The summed E-state index contributed by atoms with van der Waals surface area (Å²) in [6.45, 7) is 0. The summed E-state index contributed by atoms with van der Waals surface area (Å²) < 4.78 is 0.933. The number of fused-ring (bicyclic) bond motifs is 1. The number of carbonyl (C=O) groups is 2. The van der Waals surface area contributed by atoms with Crippen molar-refractivity contribution in [3.8, 4) is 0 Å². The maximum absolute atomic E-state index is 11.2. The quantitative estimate of drug-likeness (QED) is 0.854. The van der Waals surface area contributed by atoms with E-state index in [0.717, 1.165) is 10.1 Å². The number of amides is 1. The fourth-order valence-electron chi connectivity index (χ4n) is 1.61. The van der Waals surface area contributed by atoms with Crippen LogP contribution in [-0.2, 0) is 11.2 Å². The van der Waals surface area contributed by atoms with Crippen LogP contribution in [0.2, 0.25) is 0 Å². The van der Waals surface area contributed by atoms with Gasteiger partial charge in [0.05, 0.1) is 11.3 Å². The molecule has 1 aromatic heterocycles. The summed E-state index contributed by atoms with van der Waals surface area (Å²) >= 11 is 6.77. The summed E-state index contributed by atoms with van der Waals surface area (Å²) in [6.07, 6.45) is 0.0395. The minimum atomic E-state index is -0.544. The molecule has 0 aliphatic heterocycles. The SMILES string of the molecule is NC(=O)Cc1c(C(=O)Cl)sc2ccccc12. The largest absolute Gasteiger partial charge is 0.369 e. The van der Waals surface area contributed by atoms with Crippen LogP contribution in [0.25, 0.3) is 10.1 Å². The molecule has 0 bridgehead atoms. The van der Waals surface area contributed by atoms with Gasteiger partial charge in [0.2, 0.25) is 5.91 Å². The van der Waals surface area contributed by atoms with E-state index < -0.39 is 11.1 Å². The zero-order chi connectivity index (χ0) is 11.7. The molecular weight excluding hydrogens is 246 g/mol. The number of hydrogen-bond donors (Lipinski definition) is 1. The van der Waals surface area contributed by atoms with E-state index in [9.17, 15) is 9.59 Å². The van der Waals surface area contributed by atoms with Crippen molar-refractivity contribution in [2.45, 2.75) is 6.42 Å². The smallest absolute Gasteiger partial charge is 0.262 e. The molecule has 0 saturated heterocycles. The van der Waals surface area contributed by atoms with Crippen molar-refractivity contribution in [1.82, 2.24) is 0 Å². The molecule has 16 heavy (non-hydrogen) atoms. The molecule has 2 aromatic rings. The lowest BCUT2D eigenvalue weighted by atomic mass is 10.1. The molecule has 0 spiro atoms. The molecule has 0 fully saturated rings. The Balaban J connectivity index is 2.69. The van der Waals surface area contributed by atoms with Crippen molar-refractivity contribution in [1.29, 1.82) is 0 Å². The first-order valence-electron chi connectivity index (χ1n) is 4.58. The summed E-state index contributed by atoms with van der Waals surface area (Å²) in [7, 11) is 0. The Morgan fingerprint density at radius 1 is 1.31 bits per heavy atom. The van der Waals surface area contributed by atoms with Gasteiger partial charge >= 0.3 is 0 Å². The lowest BCUT2D eigenvalue weighted by molar-refractivity contribution is -0.117. The third-order valence-corrected chi connectivity index (χ3v) is 3.74. The molecule has 0 unspecified atom stereocenters. The molecule has 2 rings (SSSR count). The van der Waals surface area contributed by atoms with E-state index >= 15 is 0 Å². The van der Waals surface area contributed by atoms with Crippen LogP contribution in [0.1, 0.15) is 15.2 Å². The van der Waals surface area contributed by atoms with Gasteiger partial charge in [-0.15, -0.1) is 11.3 Å². The molecule has 0 aliphatic rings. The molecule has 3 nitrogen and oxygen atoms in total. The fourth-order valence-corrected chi connectivity index (χ4v) is 2.89. The summed E-state index contributed by atoms with van der Waals surface area (Å²) in [5.74, 6) is -0.470. The van der Waals surface area contributed by atoms with E-state index in [4.69, 9.17) is 17.3 Å². The topological polar surface area (TPSA) is 60.2 Å². The van der Waals surface area contributed by atoms with Crippen molar-refractivity contribution in [2.75, 3.05) is 0 Å². The van der Waals surface area contributed by atoms with Gasteiger partial charge < -0.3 is 5.73 Å². The number of benzene rings is 1. The van der Waals surface area contributed by atoms with Crippen molar-refractivity contribution in [3.63, 3.8) is 0 Å². The molecule has 2 N–H and O–H groups in total. The maximum Gasteiger partial charge on any atom is 0.262 e. The molecule has 1 heterocycles. The highest BCUT2D eigenvalue weighted by atomic mass is 35.5. The molecule has 0 aliphatic carbocycles. The van der Waals surface area contributed by atoms with Crippen molar-refractivity contribution < 1.29 is 9.59 Å². The van der Waals surface area contributed by atoms with E-state index in [0.29, 0.717) is 10.4 Å². The minimum Gasteiger partial charge on any atom is -0.369 e. The minimum absolute atomic E-state index is 0.0395. The lowest BCUT2D eigenvalue weighted by Crippen LogP contribution is -2.14. The molecule has 0 radical (unpaired) electrons. The average molecular weight is 254 g/mol. The zero-order valence-electron chi connectivity index (χ0n) is 8.20. The van der Waals surface area contributed by atoms with E-state index in [-0.39, 0.29) is 6.42 Å². The van der Waals surface area contributed by atoms with Crippen LogP contribution in [0.4, 0.5) is 0 Å². The van der Waals surface area contributed by atoms with Gasteiger partial charge in [0.1, 0.15) is 0 Å². The Hall–Kier alpha value is -1.39. The van der Waals surface area contributed by atoms with E-state index in [2.05, 4.69) is 0 Å². The monoisotopic (exact) mass is 253 g/mol. The van der Waals surface area contributed by atoms with E-state index in [1.165, 1.54) is 11.3 Å². The van der Waals surface area contributed by atoms with Gasteiger partial charge in [-0.05, 0) is 28.6 Å². The molecule has 1 aromatic carbocycles. The second-order valence-corrected chi connectivity index (χ2v) is 4.72. The fraction of sp³-hybridized carbons (Fsp3) is 0.0909. The predicted molar refractivity (Wildman–Crippen MR) is 64.9 cm³/mol. The second-order valence-electron chi connectivity index (χ2n) is 3.32. The number of rotatable bonds is 3. The summed E-state index contributed by atoms with van der Waals surface area (Å²) in [5, 5.41) is 0.327. The Kier molecular flexibility index (Phi) is 2.94. The molecule has 1 amide bonds. The van der Waals surface area contributed by atoms with Crippen molar-refractivity contribution >= 4 is 44.2 Å². The zero-order valence-corrected chi connectivity index (χ0v) is 9.77. The highest BCUT2D eigenvalue weighted by Gasteiger charge is 2.17. The van der Waals surface area contributed by atoms with Crippen molar-refractivity contribution in [2.24, 2.45) is 5.73 Å². The first kappa shape index (κ1) is 11.1. The number of primary amides is 1. The highest BCUT2D eigenvalue weighted by Crippen LogP contribution is 2.32. The molecule has 5 heteroatoms. The Bertz CT molecular complexity index is 576. The number of nitrogens with two attached hydrogens (primary N) is 1. The standard InChI is InChI=1S/C11H8ClNO2S/c12-11(15)10-7(5-9(13)14)6-3-1-2-4-8(6)16-10/h1-4H,5H2,(H2,13,14). The number of carbonyl (C=O) groups excluding carboxylic acids is 2. The van der Waals surface area contributed by atoms with Crippen LogP contribution in [-0.4, -0.2) is 11.1 Å². The van der Waals surface area contributed by atoms with Gasteiger partial charge in [0.25, 0.3) is 5.24 Å². The van der Waals surface area contributed by atoms with Gasteiger partial charge in [-0.3, -0.25) is 9.59 Å². The Morgan fingerprint density at radius 2 is 2.00 bits per heavy atom. The molecule has 82 valence electrons. The maximum atomic E-state index is 11.2. The molecule has 0 saturated carbocycles. The number of hydrogen-bond acceptors (Lipinski definition) is 3. The van der Waals surface area contributed by atoms with Gasteiger partial charge in [0.15, 0.2) is 0 Å². The predicted octanol–water partition coefficient (Wildman–Crippen LogP) is 2.31. The summed E-state index contributed by atoms with van der Waals surface area (Å²) in [4.78, 5) is 22.6. The first-order chi connectivity index (χ1) is 7.59. The van der Waals surface area contributed by atoms with Crippen LogP contribution in [0.5, 0.6) is 0 Å².